The zero-order chi connectivity index (χ0) is 23.5. The fourth-order valence-corrected chi connectivity index (χ4v) is 5.93. The van der Waals surface area contributed by atoms with E-state index >= 15 is 0 Å². The quantitative estimate of drug-likeness (QED) is 0.513. The third-order valence-corrected chi connectivity index (χ3v) is 7.84. The molecule has 0 aliphatic carbocycles. The molecule has 1 N–H and O–H groups in total. The molecule has 2 aromatic carbocycles. The van der Waals surface area contributed by atoms with Crippen molar-refractivity contribution in [2.24, 2.45) is 0 Å². The molecule has 0 spiro atoms. The summed E-state index contributed by atoms with van der Waals surface area (Å²) in [6.45, 7) is 0.0716. The molecule has 0 unspecified atom stereocenters. The Balaban J connectivity index is 1.70. The summed E-state index contributed by atoms with van der Waals surface area (Å²) in [5.41, 5.74) is 0.549. The van der Waals surface area contributed by atoms with E-state index < -0.39 is 28.4 Å². The van der Waals surface area contributed by atoms with Crippen LogP contribution in [0.2, 0.25) is 0 Å². The van der Waals surface area contributed by atoms with Crippen LogP contribution in [0, 0.1) is 11.5 Å². The van der Waals surface area contributed by atoms with E-state index in [9.17, 15) is 18.5 Å². The lowest BCUT2D eigenvalue weighted by atomic mass is 10.3. The van der Waals surface area contributed by atoms with Crippen molar-refractivity contribution >= 4 is 53.7 Å². The number of rotatable bonds is 6. The molecule has 1 amide bonds. The summed E-state index contributed by atoms with van der Waals surface area (Å²) in [7, 11) is -0.817. The maximum absolute atomic E-state index is 12.8. The summed E-state index contributed by atoms with van der Waals surface area (Å²) in [4.78, 5) is 15.2. The van der Waals surface area contributed by atoms with Crippen LogP contribution in [-0.4, -0.2) is 52.4 Å². The molecular weight excluding hydrogens is 568 g/mol. The molecule has 12 heteroatoms. The molecule has 0 saturated carbocycles. The number of anilines is 1. The first-order chi connectivity index (χ1) is 15.1. The minimum atomic E-state index is -3.88. The number of hydrogen-bond donors (Lipinski definition) is 1. The first-order valence-corrected chi connectivity index (χ1v) is 12.4. The van der Waals surface area contributed by atoms with Crippen molar-refractivity contribution < 1.29 is 22.7 Å². The third kappa shape index (κ3) is 5.53. The van der Waals surface area contributed by atoms with Gasteiger partial charge >= 0.3 is 6.09 Å². The van der Waals surface area contributed by atoms with Gasteiger partial charge in [-0.3, -0.25) is 9.80 Å². The summed E-state index contributed by atoms with van der Waals surface area (Å²) in [5.74, 6) is 0.579. The Morgan fingerprint density at radius 3 is 2.72 bits per heavy atom. The number of amides is 1. The van der Waals surface area contributed by atoms with E-state index in [2.05, 4.69) is 36.6 Å². The number of halogens is 2. The lowest BCUT2D eigenvalue weighted by molar-refractivity contribution is 0.0458. The van der Waals surface area contributed by atoms with Gasteiger partial charge in [-0.25, -0.2) is 17.9 Å². The van der Waals surface area contributed by atoms with Gasteiger partial charge in [0.15, 0.2) is 12.4 Å². The maximum atomic E-state index is 12.8. The Morgan fingerprint density at radius 2 is 2.03 bits per heavy atom. The smallest absolute Gasteiger partial charge is 0.415 e. The highest BCUT2D eigenvalue weighted by Crippen LogP contribution is 2.28. The molecule has 1 heterocycles. The summed E-state index contributed by atoms with van der Waals surface area (Å²) >= 11 is 6.51. The second kappa shape index (κ2) is 10.1. The Kier molecular flexibility index (Phi) is 7.66. The van der Waals surface area contributed by atoms with E-state index in [1.807, 2.05) is 6.19 Å². The number of ether oxygens (including phenoxy) is 2. The first-order valence-electron chi connectivity index (χ1n) is 9.36. The van der Waals surface area contributed by atoms with Gasteiger partial charge in [-0.2, -0.15) is 5.26 Å². The highest BCUT2D eigenvalue weighted by atomic mass is 79.9. The summed E-state index contributed by atoms with van der Waals surface area (Å²) < 4.78 is 40.0. The SMILES string of the molecule is COc1cccc(N(C)C(=O)O[C@@H]2C[C@@H](NS(=O)(=O)c3cc(Br)ccc3Br)CN2C#N)c1. The van der Waals surface area contributed by atoms with Gasteiger partial charge in [-0.1, -0.05) is 22.0 Å². The van der Waals surface area contributed by atoms with Crippen LogP contribution in [0.25, 0.3) is 0 Å². The molecule has 1 aliphatic heterocycles. The number of carbonyl (C=O) groups excluding carboxylic acids is 1. The predicted octanol–water partition coefficient (Wildman–Crippen LogP) is 3.65. The van der Waals surface area contributed by atoms with Gasteiger partial charge in [0.1, 0.15) is 5.75 Å². The Morgan fingerprint density at radius 1 is 1.28 bits per heavy atom. The first kappa shape index (κ1) is 24.3. The third-order valence-electron chi connectivity index (χ3n) is 4.84. The molecule has 1 saturated heterocycles. The van der Waals surface area contributed by atoms with Crippen molar-refractivity contribution in [1.29, 1.82) is 5.26 Å². The van der Waals surface area contributed by atoms with Gasteiger partial charge in [-0.05, 0) is 46.3 Å². The number of nitrogens with one attached hydrogen (secondary N) is 1. The van der Waals surface area contributed by atoms with E-state index in [1.54, 1.807) is 36.4 Å². The summed E-state index contributed by atoms with van der Waals surface area (Å²) in [6, 6.07) is 11.1. The van der Waals surface area contributed by atoms with E-state index in [1.165, 1.54) is 30.0 Å². The zero-order valence-corrected chi connectivity index (χ0v) is 21.1. The van der Waals surface area contributed by atoms with Crippen molar-refractivity contribution in [3.63, 3.8) is 0 Å². The standard InChI is InChI=1S/C20H20Br2N4O5S/c1-25(15-4-3-5-16(10-15)30-2)20(27)31-19-9-14(11-26(19)12-23)24-32(28,29)18-8-13(21)6-7-17(18)22/h3-8,10,14,19,24H,9,11H2,1-2H3/t14-,19-/m1/s1. The van der Waals surface area contributed by atoms with Crippen LogP contribution in [0.4, 0.5) is 10.5 Å². The average Bonchev–Trinajstić information content (AvgIpc) is 3.14. The van der Waals surface area contributed by atoms with Crippen LogP contribution < -0.4 is 14.4 Å². The molecule has 3 rings (SSSR count). The fraction of sp³-hybridized carbons (Fsp3) is 0.300. The number of nitriles is 1. The summed E-state index contributed by atoms with van der Waals surface area (Å²) in [6.07, 6.45) is 0.497. The van der Waals surface area contributed by atoms with Crippen molar-refractivity contribution in [2.75, 3.05) is 25.6 Å². The highest BCUT2D eigenvalue weighted by molar-refractivity contribution is 9.11. The summed E-state index contributed by atoms with van der Waals surface area (Å²) in [5, 5.41) is 9.45. The van der Waals surface area contributed by atoms with Gasteiger partial charge < -0.3 is 9.47 Å². The minimum absolute atomic E-state index is 0.0635. The number of methoxy groups -OCH3 is 1. The Labute approximate surface area is 203 Å². The fourth-order valence-electron chi connectivity index (χ4n) is 3.19. The molecule has 2 atom stereocenters. The maximum Gasteiger partial charge on any atom is 0.415 e. The van der Waals surface area contributed by atoms with E-state index in [0.29, 0.717) is 20.4 Å². The topological polar surface area (TPSA) is 112 Å². The zero-order valence-electron chi connectivity index (χ0n) is 17.2. The van der Waals surface area contributed by atoms with Crippen LogP contribution in [0.1, 0.15) is 6.42 Å². The number of benzene rings is 2. The number of sulfonamides is 1. The van der Waals surface area contributed by atoms with Crippen LogP contribution in [0.5, 0.6) is 5.75 Å². The van der Waals surface area contributed by atoms with Gasteiger partial charge in [-0.15, -0.1) is 0 Å². The van der Waals surface area contributed by atoms with Crippen LogP contribution in [0.15, 0.2) is 56.3 Å². The molecule has 1 aliphatic rings. The van der Waals surface area contributed by atoms with Gasteiger partial charge in [0.05, 0.1) is 17.7 Å². The number of hydrogen-bond acceptors (Lipinski definition) is 7. The van der Waals surface area contributed by atoms with Gasteiger partial charge in [0.2, 0.25) is 10.0 Å². The Hall–Kier alpha value is -2.33. The van der Waals surface area contributed by atoms with E-state index in [4.69, 9.17) is 9.47 Å². The molecule has 32 heavy (non-hydrogen) atoms. The largest absolute Gasteiger partial charge is 0.497 e. The van der Waals surface area contributed by atoms with Crippen molar-refractivity contribution in [3.05, 3.63) is 51.4 Å². The molecule has 170 valence electrons. The molecule has 2 aromatic rings. The second-order valence-corrected chi connectivity index (χ2v) is 10.4. The number of carbonyl (C=O) groups is 1. The predicted molar refractivity (Wildman–Crippen MR) is 125 cm³/mol. The van der Waals surface area contributed by atoms with Gasteiger partial charge in [0.25, 0.3) is 0 Å². The normalized spacial score (nSPS) is 18.2. The Bertz CT molecular complexity index is 1150. The minimum Gasteiger partial charge on any atom is -0.497 e. The number of nitrogens with zero attached hydrogens (tertiary/aromatic N) is 3. The molecule has 0 aromatic heterocycles. The lowest BCUT2D eigenvalue weighted by Gasteiger charge is -2.23. The van der Waals surface area contributed by atoms with Gasteiger partial charge in [0, 0.05) is 41.1 Å². The van der Waals surface area contributed by atoms with Crippen LogP contribution >= 0.6 is 31.9 Å². The van der Waals surface area contributed by atoms with Crippen molar-refractivity contribution in [3.8, 4) is 11.9 Å². The molecule has 1 fully saturated rings. The van der Waals surface area contributed by atoms with Crippen LogP contribution in [0.3, 0.4) is 0 Å². The lowest BCUT2D eigenvalue weighted by Crippen LogP contribution is -2.36. The molecule has 0 bridgehead atoms. The van der Waals surface area contributed by atoms with Crippen molar-refractivity contribution in [2.45, 2.75) is 23.6 Å². The van der Waals surface area contributed by atoms with Crippen LogP contribution in [-0.2, 0) is 14.8 Å². The van der Waals surface area contributed by atoms with Crippen molar-refractivity contribution in [1.82, 2.24) is 9.62 Å². The second-order valence-electron chi connectivity index (χ2n) is 6.98. The van der Waals surface area contributed by atoms with E-state index in [0.717, 1.165) is 0 Å². The molecular formula is C20H20Br2N4O5S. The molecule has 9 nitrogen and oxygen atoms in total. The monoisotopic (exact) mass is 586 g/mol. The average molecular weight is 588 g/mol. The highest BCUT2D eigenvalue weighted by Gasteiger charge is 2.37. The van der Waals surface area contributed by atoms with E-state index in [-0.39, 0.29) is 17.9 Å². The molecule has 0 radical (unpaired) electrons. The number of likely N-dealkylation sites (tertiary alicyclic amines) is 1.